The molecule has 1 aromatic carbocycles. The van der Waals surface area contributed by atoms with Crippen molar-refractivity contribution in [3.8, 4) is 5.88 Å². The smallest absolute Gasteiger partial charge is 0.213 e. The largest absolute Gasteiger partial charge is 0.473 e. The first-order valence-corrected chi connectivity index (χ1v) is 8.23. The number of ether oxygens (including phenoxy) is 1. The number of hydrogen-bond acceptors (Lipinski definition) is 3. The molecule has 0 aliphatic carbocycles. The van der Waals surface area contributed by atoms with Crippen LogP contribution < -0.4 is 4.74 Å². The van der Waals surface area contributed by atoms with Crippen LogP contribution >= 0.6 is 0 Å². The van der Waals surface area contributed by atoms with Gasteiger partial charge in [-0.05, 0) is 37.1 Å². The summed E-state index contributed by atoms with van der Waals surface area (Å²) in [5.74, 6) is 0.700. The fourth-order valence-electron chi connectivity index (χ4n) is 3.15. The molecule has 1 atom stereocenters. The molecule has 1 aromatic heterocycles. The Bertz CT molecular complexity index is 568. The summed E-state index contributed by atoms with van der Waals surface area (Å²) < 4.78 is 5.76. The lowest BCUT2D eigenvalue weighted by atomic mass is 9.96. The third kappa shape index (κ3) is 3.66. The van der Waals surface area contributed by atoms with Crippen LogP contribution in [-0.2, 0) is 6.61 Å². The minimum Gasteiger partial charge on any atom is -0.473 e. The van der Waals surface area contributed by atoms with E-state index in [4.69, 9.17) is 4.74 Å². The summed E-state index contributed by atoms with van der Waals surface area (Å²) in [4.78, 5) is 7.04. The summed E-state index contributed by atoms with van der Waals surface area (Å²) >= 11 is 0. The molecule has 0 amide bonds. The summed E-state index contributed by atoms with van der Waals surface area (Å²) in [6.45, 7) is 5.12. The highest BCUT2D eigenvalue weighted by atomic mass is 16.5. The summed E-state index contributed by atoms with van der Waals surface area (Å²) in [5, 5.41) is 0. The highest BCUT2D eigenvalue weighted by Crippen LogP contribution is 2.30. The average molecular weight is 296 g/mol. The predicted molar refractivity (Wildman–Crippen MR) is 88.9 cm³/mol. The summed E-state index contributed by atoms with van der Waals surface area (Å²) in [7, 11) is 0. The fraction of sp³-hybridized carbons (Fsp3) is 0.421. The molecule has 2 heterocycles. The van der Waals surface area contributed by atoms with Crippen LogP contribution in [0.15, 0.2) is 48.7 Å². The Morgan fingerprint density at radius 3 is 2.73 bits per heavy atom. The first-order chi connectivity index (χ1) is 10.9. The Kier molecular flexibility index (Phi) is 5.07. The van der Waals surface area contributed by atoms with E-state index in [1.54, 1.807) is 0 Å². The van der Waals surface area contributed by atoms with Gasteiger partial charge in [-0.1, -0.05) is 49.7 Å². The standard InChI is InChI=1S/C19H24N2O/c1-2-21-13-7-6-10-18(21)17-11-12-19(20-14-17)22-15-16-8-4-3-5-9-16/h3-5,8-9,11-12,14,18H,2,6-7,10,13,15H2,1H3/t18-/m0/s1. The van der Waals surface area contributed by atoms with E-state index in [-0.39, 0.29) is 0 Å². The van der Waals surface area contributed by atoms with Gasteiger partial charge in [0.15, 0.2) is 0 Å². The number of aromatic nitrogens is 1. The van der Waals surface area contributed by atoms with Crippen molar-refractivity contribution in [2.75, 3.05) is 13.1 Å². The van der Waals surface area contributed by atoms with Crippen LogP contribution in [0, 0.1) is 0 Å². The van der Waals surface area contributed by atoms with Crippen molar-refractivity contribution in [2.24, 2.45) is 0 Å². The normalized spacial score (nSPS) is 19.0. The Hall–Kier alpha value is -1.87. The van der Waals surface area contributed by atoms with Gasteiger partial charge in [-0.15, -0.1) is 0 Å². The third-order valence-electron chi connectivity index (χ3n) is 4.39. The van der Waals surface area contributed by atoms with Gasteiger partial charge >= 0.3 is 0 Å². The van der Waals surface area contributed by atoms with Crippen molar-refractivity contribution in [3.63, 3.8) is 0 Å². The maximum absolute atomic E-state index is 5.76. The first kappa shape index (κ1) is 15.0. The molecule has 3 nitrogen and oxygen atoms in total. The molecule has 3 rings (SSSR count). The Morgan fingerprint density at radius 2 is 2.00 bits per heavy atom. The number of nitrogens with zero attached hydrogens (tertiary/aromatic N) is 2. The zero-order valence-electron chi connectivity index (χ0n) is 13.2. The quantitative estimate of drug-likeness (QED) is 0.826. The van der Waals surface area contributed by atoms with Crippen molar-refractivity contribution in [3.05, 3.63) is 59.8 Å². The van der Waals surface area contributed by atoms with E-state index in [9.17, 15) is 0 Å². The highest BCUT2D eigenvalue weighted by molar-refractivity contribution is 5.22. The second-order valence-electron chi connectivity index (χ2n) is 5.84. The molecular weight excluding hydrogens is 272 g/mol. The Balaban J connectivity index is 1.62. The van der Waals surface area contributed by atoms with Gasteiger partial charge in [0.05, 0.1) is 0 Å². The molecule has 2 aromatic rings. The molecule has 3 heteroatoms. The van der Waals surface area contributed by atoms with E-state index in [0.29, 0.717) is 18.5 Å². The SMILES string of the molecule is CCN1CCCC[C@H]1c1ccc(OCc2ccccc2)nc1. The minimum absolute atomic E-state index is 0.523. The lowest BCUT2D eigenvalue weighted by Gasteiger charge is -2.35. The molecule has 0 unspecified atom stereocenters. The van der Waals surface area contributed by atoms with Gasteiger partial charge in [0, 0.05) is 18.3 Å². The summed E-state index contributed by atoms with van der Waals surface area (Å²) in [6, 6.07) is 14.9. The molecular formula is C19H24N2O. The Labute approximate surface area is 132 Å². The monoisotopic (exact) mass is 296 g/mol. The summed E-state index contributed by atoms with van der Waals surface area (Å²) in [6.07, 6.45) is 5.85. The molecule has 0 N–H and O–H groups in total. The number of rotatable bonds is 5. The van der Waals surface area contributed by atoms with E-state index in [2.05, 4.69) is 35.0 Å². The molecule has 1 saturated heterocycles. The first-order valence-electron chi connectivity index (χ1n) is 8.23. The average Bonchev–Trinajstić information content (AvgIpc) is 2.61. The van der Waals surface area contributed by atoms with Crippen molar-refractivity contribution in [2.45, 2.75) is 38.8 Å². The summed E-state index contributed by atoms with van der Waals surface area (Å²) in [5.41, 5.74) is 2.48. The molecule has 0 radical (unpaired) electrons. The van der Waals surface area contributed by atoms with Crippen LogP contribution in [0.2, 0.25) is 0 Å². The lowest BCUT2D eigenvalue weighted by molar-refractivity contribution is 0.156. The highest BCUT2D eigenvalue weighted by Gasteiger charge is 2.22. The number of likely N-dealkylation sites (tertiary alicyclic amines) is 1. The van der Waals surface area contributed by atoms with Crippen molar-refractivity contribution >= 4 is 0 Å². The van der Waals surface area contributed by atoms with E-state index >= 15 is 0 Å². The molecule has 1 aliphatic heterocycles. The second-order valence-corrected chi connectivity index (χ2v) is 5.84. The van der Waals surface area contributed by atoms with Crippen LogP contribution in [0.3, 0.4) is 0 Å². The van der Waals surface area contributed by atoms with Crippen LogP contribution in [0.1, 0.15) is 43.4 Å². The van der Waals surface area contributed by atoms with E-state index in [1.165, 1.54) is 31.4 Å². The topological polar surface area (TPSA) is 25.4 Å². The zero-order chi connectivity index (χ0) is 15.2. The Morgan fingerprint density at radius 1 is 1.14 bits per heavy atom. The molecule has 1 fully saturated rings. The molecule has 1 aliphatic rings. The number of pyridine rings is 1. The molecule has 0 spiro atoms. The molecule has 0 bridgehead atoms. The fourth-order valence-corrected chi connectivity index (χ4v) is 3.15. The van der Waals surface area contributed by atoms with Gasteiger partial charge in [-0.25, -0.2) is 4.98 Å². The number of hydrogen-bond donors (Lipinski definition) is 0. The van der Waals surface area contributed by atoms with Gasteiger partial charge in [0.25, 0.3) is 0 Å². The van der Waals surface area contributed by atoms with Crippen molar-refractivity contribution < 1.29 is 4.74 Å². The zero-order valence-corrected chi connectivity index (χ0v) is 13.2. The minimum atomic E-state index is 0.523. The van der Waals surface area contributed by atoms with Crippen molar-refractivity contribution in [1.82, 2.24) is 9.88 Å². The van der Waals surface area contributed by atoms with Crippen LogP contribution in [-0.4, -0.2) is 23.0 Å². The van der Waals surface area contributed by atoms with Gasteiger partial charge in [0.1, 0.15) is 6.61 Å². The van der Waals surface area contributed by atoms with Crippen LogP contribution in [0.25, 0.3) is 0 Å². The van der Waals surface area contributed by atoms with E-state index in [0.717, 1.165) is 12.1 Å². The van der Waals surface area contributed by atoms with Gasteiger partial charge < -0.3 is 4.74 Å². The maximum Gasteiger partial charge on any atom is 0.213 e. The number of benzene rings is 1. The van der Waals surface area contributed by atoms with E-state index < -0.39 is 0 Å². The predicted octanol–water partition coefficient (Wildman–Crippen LogP) is 4.21. The maximum atomic E-state index is 5.76. The van der Waals surface area contributed by atoms with Crippen LogP contribution in [0.5, 0.6) is 5.88 Å². The molecule has 0 saturated carbocycles. The molecule has 22 heavy (non-hydrogen) atoms. The van der Waals surface area contributed by atoms with Crippen LogP contribution in [0.4, 0.5) is 0 Å². The second kappa shape index (κ2) is 7.41. The van der Waals surface area contributed by atoms with Crippen molar-refractivity contribution in [1.29, 1.82) is 0 Å². The van der Waals surface area contributed by atoms with E-state index in [1.807, 2.05) is 30.5 Å². The van der Waals surface area contributed by atoms with Gasteiger partial charge in [0.2, 0.25) is 5.88 Å². The molecule has 116 valence electrons. The van der Waals surface area contributed by atoms with Gasteiger partial charge in [-0.3, -0.25) is 4.90 Å². The lowest BCUT2D eigenvalue weighted by Crippen LogP contribution is -2.33. The number of piperidine rings is 1. The van der Waals surface area contributed by atoms with Gasteiger partial charge in [-0.2, -0.15) is 0 Å². The third-order valence-corrected chi connectivity index (χ3v) is 4.39.